The van der Waals surface area contributed by atoms with Crippen molar-refractivity contribution in [1.29, 1.82) is 0 Å². The highest BCUT2D eigenvalue weighted by Crippen LogP contribution is 2.21. The second-order valence-electron chi connectivity index (χ2n) is 6.99. The van der Waals surface area contributed by atoms with Crippen molar-refractivity contribution in [1.82, 2.24) is 4.98 Å². The van der Waals surface area contributed by atoms with E-state index in [0.717, 1.165) is 35.6 Å². The number of carbonyl (C=O) groups is 1. The van der Waals surface area contributed by atoms with Crippen LogP contribution >= 0.6 is 0 Å². The average Bonchev–Trinajstić information content (AvgIpc) is 2.71. The molecule has 29 heavy (non-hydrogen) atoms. The number of carbonyl (C=O) groups excluding carboxylic acids is 1. The number of pyridine rings is 1. The Labute approximate surface area is 172 Å². The van der Waals surface area contributed by atoms with Crippen molar-refractivity contribution in [2.45, 2.75) is 27.2 Å². The molecule has 2 N–H and O–H groups in total. The Morgan fingerprint density at radius 2 is 1.69 bits per heavy atom. The van der Waals surface area contributed by atoms with Crippen molar-refractivity contribution >= 4 is 28.8 Å². The summed E-state index contributed by atoms with van der Waals surface area (Å²) in [5, 5.41) is 6.19. The van der Waals surface area contributed by atoms with Gasteiger partial charge in [-0.25, -0.2) is 4.98 Å². The Morgan fingerprint density at radius 1 is 0.966 bits per heavy atom. The molecule has 0 spiro atoms. The van der Waals surface area contributed by atoms with E-state index in [1.807, 2.05) is 37.3 Å². The average molecular weight is 389 g/mol. The normalized spacial score (nSPS) is 10.4. The van der Waals surface area contributed by atoms with Crippen molar-refractivity contribution in [3.63, 3.8) is 0 Å². The van der Waals surface area contributed by atoms with E-state index in [9.17, 15) is 4.79 Å². The van der Waals surface area contributed by atoms with Crippen LogP contribution in [0.2, 0.25) is 0 Å². The standard InChI is InChI=1S/C24H28N4O/c1-4-28(5-2)22-12-9-20(10-13-22)26-21-11-14-23(25-17-21)27-24(29)16-19-8-6-7-18(3)15-19/h6-15,17,26H,4-5,16H2,1-3H3,(H,25,27,29). The Bertz CT molecular complexity index is 932. The molecule has 5 heteroatoms. The third-order valence-corrected chi connectivity index (χ3v) is 4.76. The summed E-state index contributed by atoms with van der Waals surface area (Å²) < 4.78 is 0. The number of hydrogen-bond acceptors (Lipinski definition) is 4. The molecular formula is C24H28N4O. The van der Waals surface area contributed by atoms with E-state index in [0.29, 0.717) is 12.2 Å². The molecule has 0 fully saturated rings. The van der Waals surface area contributed by atoms with Crippen LogP contribution in [-0.2, 0) is 11.2 Å². The minimum atomic E-state index is -0.0733. The molecular weight excluding hydrogens is 360 g/mol. The lowest BCUT2D eigenvalue weighted by Gasteiger charge is -2.21. The first-order valence-electron chi connectivity index (χ1n) is 10.0. The highest BCUT2D eigenvalue weighted by Gasteiger charge is 2.06. The molecule has 0 bridgehead atoms. The number of amides is 1. The van der Waals surface area contributed by atoms with Gasteiger partial charge in [0.25, 0.3) is 0 Å². The highest BCUT2D eigenvalue weighted by atomic mass is 16.1. The van der Waals surface area contributed by atoms with E-state index in [4.69, 9.17) is 0 Å². The number of nitrogens with zero attached hydrogens (tertiary/aromatic N) is 2. The highest BCUT2D eigenvalue weighted by molar-refractivity contribution is 5.91. The smallest absolute Gasteiger partial charge is 0.229 e. The van der Waals surface area contributed by atoms with Gasteiger partial charge in [0.05, 0.1) is 18.3 Å². The predicted octanol–water partition coefficient (Wildman–Crippen LogP) is 5.16. The number of nitrogens with one attached hydrogen (secondary N) is 2. The fraction of sp³-hybridized carbons (Fsp3) is 0.250. The zero-order chi connectivity index (χ0) is 20.6. The topological polar surface area (TPSA) is 57.3 Å². The van der Waals surface area contributed by atoms with Crippen LogP contribution in [0.1, 0.15) is 25.0 Å². The zero-order valence-corrected chi connectivity index (χ0v) is 17.3. The summed E-state index contributed by atoms with van der Waals surface area (Å²) in [7, 11) is 0. The van der Waals surface area contributed by atoms with Crippen molar-refractivity contribution in [3.05, 3.63) is 78.0 Å². The van der Waals surface area contributed by atoms with Crippen LogP contribution in [0.15, 0.2) is 66.9 Å². The van der Waals surface area contributed by atoms with Gasteiger partial charge in [-0.3, -0.25) is 4.79 Å². The molecule has 2 aromatic carbocycles. The Morgan fingerprint density at radius 3 is 2.31 bits per heavy atom. The summed E-state index contributed by atoms with van der Waals surface area (Å²) in [6.45, 7) is 8.31. The largest absolute Gasteiger partial charge is 0.372 e. The Hall–Kier alpha value is -3.34. The van der Waals surface area contributed by atoms with E-state index < -0.39 is 0 Å². The molecule has 150 valence electrons. The second-order valence-corrected chi connectivity index (χ2v) is 6.99. The van der Waals surface area contributed by atoms with Crippen molar-refractivity contribution in [2.75, 3.05) is 28.6 Å². The van der Waals surface area contributed by atoms with Gasteiger partial charge in [-0.15, -0.1) is 0 Å². The summed E-state index contributed by atoms with van der Waals surface area (Å²) in [6, 6.07) is 20.0. The van der Waals surface area contributed by atoms with Crippen molar-refractivity contribution in [3.8, 4) is 0 Å². The van der Waals surface area contributed by atoms with Gasteiger partial charge in [-0.05, 0) is 62.7 Å². The molecule has 3 rings (SSSR count). The van der Waals surface area contributed by atoms with Crippen LogP contribution in [-0.4, -0.2) is 24.0 Å². The first-order chi connectivity index (χ1) is 14.1. The van der Waals surface area contributed by atoms with Gasteiger partial charge in [0.15, 0.2) is 0 Å². The summed E-state index contributed by atoms with van der Waals surface area (Å²) in [6.07, 6.45) is 2.06. The number of aromatic nitrogens is 1. The van der Waals surface area contributed by atoms with Crippen LogP contribution in [0.3, 0.4) is 0 Å². The summed E-state index contributed by atoms with van der Waals surface area (Å²) in [5.41, 5.74) is 5.23. The minimum absolute atomic E-state index is 0.0733. The predicted molar refractivity (Wildman–Crippen MR) is 121 cm³/mol. The summed E-state index contributed by atoms with van der Waals surface area (Å²) in [5.74, 6) is 0.473. The minimum Gasteiger partial charge on any atom is -0.372 e. The molecule has 3 aromatic rings. The molecule has 1 heterocycles. The molecule has 0 aliphatic carbocycles. The monoisotopic (exact) mass is 388 g/mol. The SMILES string of the molecule is CCN(CC)c1ccc(Nc2ccc(NC(=O)Cc3cccc(C)c3)nc2)cc1. The number of anilines is 4. The molecule has 0 radical (unpaired) electrons. The van der Waals surface area contributed by atoms with Crippen LogP contribution in [0.5, 0.6) is 0 Å². The van der Waals surface area contributed by atoms with Gasteiger partial charge in [0.2, 0.25) is 5.91 Å². The number of rotatable bonds is 8. The summed E-state index contributed by atoms with van der Waals surface area (Å²) >= 11 is 0. The lowest BCUT2D eigenvalue weighted by atomic mass is 10.1. The first-order valence-corrected chi connectivity index (χ1v) is 10.0. The van der Waals surface area contributed by atoms with E-state index in [1.165, 1.54) is 5.69 Å². The van der Waals surface area contributed by atoms with E-state index in [-0.39, 0.29) is 5.91 Å². The zero-order valence-electron chi connectivity index (χ0n) is 17.3. The summed E-state index contributed by atoms with van der Waals surface area (Å²) in [4.78, 5) is 18.9. The molecule has 0 aliphatic heterocycles. The van der Waals surface area contributed by atoms with E-state index >= 15 is 0 Å². The lowest BCUT2D eigenvalue weighted by Crippen LogP contribution is -2.21. The number of aryl methyl sites for hydroxylation is 1. The van der Waals surface area contributed by atoms with Crippen molar-refractivity contribution < 1.29 is 4.79 Å². The van der Waals surface area contributed by atoms with Crippen LogP contribution in [0, 0.1) is 6.92 Å². The number of benzene rings is 2. The Kier molecular flexibility index (Phi) is 6.85. The second kappa shape index (κ2) is 9.73. The van der Waals surface area contributed by atoms with Gasteiger partial charge >= 0.3 is 0 Å². The van der Waals surface area contributed by atoms with Crippen LogP contribution < -0.4 is 15.5 Å². The van der Waals surface area contributed by atoms with Crippen LogP contribution in [0.25, 0.3) is 0 Å². The molecule has 1 aromatic heterocycles. The molecule has 0 aliphatic rings. The first kappa shape index (κ1) is 20.4. The quantitative estimate of drug-likeness (QED) is 0.559. The van der Waals surface area contributed by atoms with E-state index in [2.05, 4.69) is 58.6 Å². The number of hydrogen-bond donors (Lipinski definition) is 2. The van der Waals surface area contributed by atoms with Gasteiger partial charge < -0.3 is 15.5 Å². The van der Waals surface area contributed by atoms with Gasteiger partial charge in [-0.2, -0.15) is 0 Å². The fourth-order valence-corrected chi connectivity index (χ4v) is 3.25. The van der Waals surface area contributed by atoms with E-state index in [1.54, 1.807) is 12.3 Å². The lowest BCUT2D eigenvalue weighted by molar-refractivity contribution is -0.115. The molecule has 0 unspecified atom stereocenters. The van der Waals surface area contributed by atoms with Gasteiger partial charge in [0, 0.05) is 24.5 Å². The van der Waals surface area contributed by atoms with Crippen LogP contribution in [0.4, 0.5) is 22.9 Å². The third-order valence-electron chi connectivity index (χ3n) is 4.76. The molecule has 1 amide bonds. The fourth-order valence-electron chi connectivity index (χ4n) is 3.25. The van der Waals surface area contributed by atoms with Gasteiger partial charge in [0.1, 0.15) is 5.82 Å². The molecule has 5 nitrogen and oxygen atoms in total. The van der Waals surface area contributed by atoms with Gasteiger partial charge in [-0.1, -0.05) is 29.8 Å². The maximum absolute atomic E-state index is 12.2. The Balaban J connectivity index is 1.56. The molecule has 0 saturated heterocycles. The molecule has 0 atom stereocenters. The third kappa shape index (κ3) is 5.82. The maximum atomic E-state index is 12.2. The maximum Gasteiger partial charge on any atom is 0.229 e. The molecule has 0 saturated carbocycles. The van der Waals surface area contributed by atoms with Crippen molar-refractivity contribution in [2.24, 2.45) is 0 Å².